The van der Waals surface area contributed by atoms with Crippen molar-refractivity contribution in [1.29, 1.82) is 0 Å². The second-order valence-electron chi connectivity index (χ2n) is 2.33. The van der Waals surface area contributed by atoms with Crippen LogP contribution < -0.4 is 0 Å². The molecule has 0 spiro atoms. The molecule has 0 aromatic rings. The van der Waals surface area contributed by atoms with E-state index in [1.165, 1.54) is 7.05 Å². The Morgan fingerprint density at radius 1 is 1.58 bits per heavy atom. The second kappa shape index (κ2) is 5.35. The van der Waals surface area contributed by atoms with Gasteiger partial charge >= 0.3 is 5.97 Å². The molecule has 68 valence electrons. The molecule has 0 unspecified atom stereocenters. The van der Waals surface area contributed by atoms with Crippen LogP contribution in [0.15, 0.2) is 11.6 Å². The molecular weight excluding hydrogens is 158 g/mol. The summed E-state index contributed by atoms with van der Waals surface area (Å²) in [5.41, 5.74) is 0.506. The molecule has 4 heteroatoms. The number of hydrogen-bond acceptors (Lipinski definition) is 3. The van der Waals surface area contributed by atoms with E-state index in [2.05, 4.69) is 4.84 Å². The summed E-state index contributed by atoms with van der Waals surface area (Å²) >= 11 is 0. The summed E-state index contributed by atoms with van der Waals surface area (Å²) in [6.07, 6.45) is 2.93. The molecule has 0 atom stereocenters. The summed E-state index contributed by atoms with van der Waals surface area (Å²) in [5, 5.41) is 0.829. The third-order valence-corrected chi connectivity index (χ3v) is 1.21. The molecule has 0 fully saturated rings. The summed E-state index contributed by atoms with van der Waals surface area (Å²) in [7, 11) is 1.37. The van der Waals surface area contributed by atoms with Gasteiger partial charge < -0.3 is 4.84 Å². The molecule has 0 saturated heterocycles. The van der Waals surface area contributed by atoms with Crippen LogP contribution in [-0.2, 0) is 14.4 Å². The number of allylic oxidation sites excluding steroid dienone is 1. The van der Waals surface area contributed by atoms with Crippen molar-refractivity contribution in [2.45, 2.75) is 20.3 Å². The van der Waals surface area contributed by atoms with E-state index in [1.807, 2.05) is 6.92 Å². The Morgan fingerprint density at radius 3 is 2.58 bits per heavy atom. The Bertz CT molecular complexity index is 198. The van der Waals surface area contributed by atoms with Gasteiger partial charge in [-0.25, -0.2) is 4.79 Å². The van der Waals surface area contributed by atoms with Crippen molar-refractivity contribution in [3.63, 3.8) is 0 Å². The molecule has 0 heterocycles. The lowest BCUT2D eigenvalue weighted by atomic mass is 10.2. The molecule has 0 N–H and O–H groups in total. The Balaban J connectivity index is 4.04. The Hall–Kier alpha value is -1.32. The molecule has 1 amide bonds. The second-order valence-corrected chi connectivity index (χ2v) is 2.33. The van der Waals surface area contributed by atoms with Crippen LogP contribution in [0.25, 0.3) is 0 Å². The van der Waals surface area contributed by atoms with E-state index >= 15 is 0 Å². The Morgan fingerprint density at radius 2 is 2.17 bits per heavy atom. The van der Waals surface area contributed by atoms with Crippen LogP contribution in [0.2, 0.25) is 0 Å². The van der Waals surface area contributed by atoms with Crippen LogP contribution in [0.1, 0.15) is 20.3 Å². The van der Waals surface area contributed by atoms with Crippen LogP contribution in [0, 0.1) is 0 Å². The molecule has 12 heavy (non-hydrogen) atoms. The van der Waals surface area contributed by atoms with E-state index in [4.69, 9.17) is 0 Å². The highest BCUT2D eigenvalue weighted by atomic mass is 16.7. The van der Waals surface area contributed by atoms with Crippen molar-refractivity contribution in [3.8, 4) is 0 Å². The zero-order chi connectivity index (χ0) is 9.56. The summed E-state index contributed by atoms with van der Waals surface area (Å²) in [5.74, 6) is -0.494. The van der Waals surface area contributed by atoms with Crippen molar-refractivity contribution in [3.05, 3.63) is 11.6 Å². The van der Waals surface area contributed by atoms with Gasteiger partial charge in [0.15, 0.2) is 0 Å². The predicted octanol–water partition coefficient (Wildman–Crippen LogP) is 0.889. The smallest absolute Gasteiger partial charge is 0.334 e. The number of rotatable bonds is 4. The minimum absolute atomic E-state index is 0.428. The fraction of sp³-hybridized carbons (Fsp3) is 0.500. The van der Waals surface area contributed by atoms with Crippen LogP contribution in [0.4, 0.5) is 0 Å². The predicted molar refractivity (Wildman–Crippen MR) is 44.0 cm³/mol. The fourth-order valence-corrected chi connectivity index (χ4v) is 0.614. The summed E-state index contributed by atoms with van der Waals surface area (Å²) < 4.78 is 0. The van der Waals surface area contributed by atoms with Gasteiger partial charge in [-0.3, -0.25) is 4.79 Å². The fourth-order valence-electron chi connectivity index (χ4n) is 0.614. The van der Waals surface area contributed by atoms with Gasteiger partial charge in [0.2, 0.25) is 6.41 Å². The van der Waals surface area contributed by atoms with Crippen LogP contribution in [-0.4, -0.2) is 24.5 Å². The lowest BCUT2D eigenvalue weighted by molar-refractivity contribution is -0.181. The lowest BCUT2D eigenvalue weighted by Crippen LogP contribution is -2.21. The average Bonchev–Trinajstić information content (AvgIpc) is 2.04. The van der Waals surface area contributed by atoms with Gasteiger partial charge in [0.05, 0.1) is 0 Å². The van der Waals surface area contributed by atoms with Gasteiger partial charge in [0.1, 0.15) is 0 Å². The van der Waals surface area contributed by atoms with E-state index in [0.717, 1.165) is 11.5 Å². The SMILES string of the molecule is CCC=C(C)C(=O)ON(C)C=O. The Kier molecular flexibility index (Phi) is 4.76. The number of hydrogen-bond donors (Lipinski definition) is 0. The average molecular weight is 171 g/mol. The number of carbonyl (C=O) groups is 2. The molecule has 0 bridgehead atoms. The van der Waals surface area contributed by atoms with Crippen molar-refractivity contribution >= 4 is 12.4 Å². The summed E-state index contributed by atoms with van der Waals surface area (Å²) in [6.45, 7) is 3.56. The van der Waals surface area contributed by atoms with Gasteiger partial charge in [0, 0.05) is 12.6 Å². The van der Waals surface area contributed by atoms with Gasteiger partial charge in [-0.2, -0.15) is 5.06 Å². The van der Waals surface area contributed by atoms with Crippen LogP contribution in [0.5, 0.6) is 0 Å². The first-order chi connectivity index (χ1) is 5.61. The molecule has 0 saturated carbocycles. The zero-order valence-electron chi connectivity index (χ0n) is 7.53. The molecular formula is C8H13NO3. The van der Waals surface area contributed by atoms with Crippen LogP contribution in [0.3, 0.4) is 0 Å². The molecule has 0 rings (SSSR count). The number of carbonyl (C=O) groups excluding carboxylic acids is 2. The first-order valence-electron chi connectivity index (χ1n) is 3.69. The molecule has 0 aromatic carbocycles. The highest BCUT2D eigenvalue weighted by Crippen LogP contribution is 1.98. The first-order valence-corrected chi connectivity index (χ1v) is 3.69. The molecule has 0 aliphatic heterocycles. The number of amides is 1. The zero-order valence-corrected chi connectivity index (χ0v) is 7.53. The van der Waals surface area contributed by atoms with Gasteiger partial charge in [-0.05, 0) is 13.3 Å². The number of nitrogens with zero attached hydrogens (tertiary/aromatic N) is 1. The van der Waals surface area contributed by atoms with Crippen molar-refractivity contribution in [1.82, 2.24) is 5.06 Å². The topological polar surface area (TPSA) is 46.6 Å². The molecule has 0 aliphatic carbocycles. The third-order valence-electron chi connectivity index (χ3n) is 1.21. The monoisotopic (exact) mass is 171 g/mol. The van der Waals surface area contributed by atoms with E-state index in [0.29, 0.717) is 12.0 Å². The summed E-state index contributed by atoms with van der Waals surface area (Å²) in [4.78, 5) is 25.6. The largest absolute Gasteiger partial charge is 0.358 e. The maximum Gasteiger partial charge on any atom is 0.358 e. The van der Waals surface area contributed by atoms with Crippen molar-refractivity contribution in [2.24, 2.45) is 0 Å². The van der Waals surface area contributed by atoms with E-state index in [1.54, 1.807) is 13.0 Å². The number of hydroxylamine groups is 2. The lowest BCUT2D eigenvalue weighted by Gasteiger charge is -2.09. The third kappa shape index (κ3) is 3.75. The Labute approximate surface area is 71.8 Å². The van der Waals surface area contributed by atoms with E-state index in [-0.39, 0.29) is 0 Å². The highest BCUT2D eigenvalue weighted by Gasteiger charge is 2.07. The van der Waals surface area contributed by atoms with Gasteiger partial charge in [-0.15, -0.1) is 0 Å². The van der Waals surface area contributed by atoms with E-state index in [9.17, 15) is 9.59 Å². The highest BCUT2D eigenvalue weighted by molar-refractivity contribution is 5.87. The molecule has 4 nitrogen and oxygen atoms in total. The van der Waals surface area contributed by atoms with Crippen molar-refractivity contribution in [2.75, 3.05) is 7.05 Å². The molecule has 0 aliphatic rings. The summed E-state index contributed by atoms with van der Waals surface area (Å²) in [6, 6.07) is 0. The van der Waals surface area contributed by atoms with Crippen LogP contribution >= 0.6 is 0 Å². The van der Waals surface area contributed by atoms with Crippen molar-refractivity contribution < 1.29 is 14.4 Å². The van der Waals surface area contributed by atoms with Gasteiger partial charge in [0.25, 0.3) is 0 Å². The molecule has 0 aromatic heterocycles. The van der Waals surface area contributed by atoms with E-state index < -0.39 is 5.97 Å². The minimum atomic E-state index is -0.494. The van der Waals surface area contributed by atoms with Gasteiger partial charge in [-0.1, -0.05) is 13.0 Å². The maximum atomic E-state index is 11.0. The minimum Gasteiger partial charge on any atom is -0.334 e. The standard InChI is InChI=1S/C8H13NO3/c1-4-5-7(2)8(11)12-9(3)6-10/h5-6H,4H2,1-3H3. The molecule has 0 radical (unpaired) electrons. The normalized spacial score (nSPS) is 10.8. The quantitative estimate of drug-likeness (QED) is 0.358. The maximum absolute atomic E-state index is 11.0. The first kappa shape index (κ1) is 10.7.